The molecule has 0 bridgehead atoms. The standard InChI is InChI=1S/C15H18N2O/c16-11-15(7-1-2-8-15)13-5-3-12(4-6-13)14-17-9-10-18-14/h3-6,9-10H,1-2,7-8,11,16H2. The van der Waals surface area contributed by atoms with Crippen LogP contribution in [0.1, 0.15) is 31.2 Å². The van der Waals surface area contributed by atoms with Crippen molar-refractivity contribution in [3.8, 4) is 11.5 Å². The van der Waals surface area contributed by atoms with Crippen LogP contribution in [0.2, 0.25) is 0 Å². The zero-order valence-corrected chi connectivity index (χ0v) is 10.4. The highest BCUT2D eigenvalue weighted by Gasteiger charge is 2.33. The summed E-state index contributed by atoms with van der Waals surface area (Å²) in [4.78, 5) is 4.16. The Labute approximate surface area is 107 Å². The number of nitrogens with zero attached hydrogens (tertiary/aromatic N) is 1. The average Bonchev–Trinajstić information content (AvgIpc) is 3.11. The molecule has 0 atom stereocenters. The van der Waals surface area contributed by atoms with Gasteiger partial charge in [0.2, 0.25) is 5.89 Å². The van der Waals surface area contributed by atoms with E-state index < -0.39 is 0 Å². The molecular weight excluding hydrogens is 224 g/mol. The molecule has 3 rings (SSSR count). The van der Waals surface area contributed by atoms with Gasteiger partial charge in [-0.2, -0.15) is 0 Å². The molecule has 1 fully saturated rings. The monoisotopic (exact) mass is 242 g/mol. The average molecular weight is 242 g/mol. The van der Waals surface area contributed by atoms with Gasteiger partial charge in [-0.15, -0.1) is 0 Å². The molecule has 2 aromatic rings. The number of rotatable bonds is 3. The van der Waals surface area contributed by atoms with Crippen molar-refractivity contribution in [3.05, 3.63) is 42.3 Å². The predicted molar refractivity (Wildman–Crippen MR) is 71.1 cm³/mol. The van der Waals surface area contributed by atoms with Gasteiger partial charge in [-0.1, -0.05) is 25.0 Å². The highest BCUT2D eigenvalue weighted by atomic mass is 16.3. The Hall–Kier alpha value is -1.61. The van der Waals surface area contributed by atoms with E-state index in [1.807, 2.05) is 0 Å². The zero-order chi connectivity index (χ0) is 12.4. The molecule has 1 aromatic heterocycles. The first kappa shape index (κ1) is 11.5. The number of hydrogen-bond donors (Lipinski definition) is 1. The van der Waals surface area contributed by atoms with Gasteiger partial charge in [0.1, 0.15) is 6.26 Å². The third-order valence-electron chi connectivity index (χ3n) is 4.13. The largest absolute Gasteiger partial charge is 0.445 e. The Morgan fingerprint density at radius 1 is 1.17 bits per heavy atom. The Balaban J connectivity index is 1.91. The van der Waals surface area contributed by atoms with Crippen LogP contribution in [0.5, 0.6) is 0 Å². The van der Waals surface area contributed by atoms with Crippen LogP contribution < -0.4 is 5.73 Å². The smallest absolute Gasteiger partial charge is 0.225 e. The summed E-state index contributed by atoms with van der Waals surface area (Å²) in [5.41, 5.74) is 8.59. The first-order valence-electron chi connectivity index (χ1n) is 6.55. The van der Waals surface area contributed by atoms with E-state index in [1.54, 1.807) is 12.5 Å². The normalized spacial score (nSPS) is 18.1. The number of aromatic nitrogens is 1. The molecule has 2 N–H and O–H groups in total. The van der Waals surface area contributed by atoms with Crippen molar-refractivity contribution in [1.82, 2.24) is 4.98 Å². The minimum atomic E-state index is 0.203. The number of benzene rings is 1. The molecule has 1 aliphatic carbocycles. The Morgan fingerprint density at radius 3 is 2.44 bits per heavy atom. The van der Waals surface area contributed by atoms with Crippen molar-refractivity contribution in [2.75, 3.05) is 6.54 Å². The fourth-order valence-corrected chi connectivity index (χ4v) is 2.99. The summed E-state index contributed by atoms with van der Waals surface area (Å²) in [5, 5.41) is 0. The molecule has 1 aromatic carbocycles. The lowest BCUT2D eigenvalue weighted by Gasteiger charge is -2.27. The van der Waals surface area contributed by atoms with Crippen LogP contribution in [-0.4, -0.2) is 11.5 Å². The van der Waals surface area contributed by atoms with Crippen molar-refractivity contribution in [3.63, 3.8) is 0 Å². The maximum atomic E-state index is 6.00. The second-order valence-corrected chi connectivity index (χ2v) is 5.11. The maximum Gasteiger partial charge on any atom is 0.225 e. The van der Waals surface area contributed by atoms with Crippen LogP contribution in [0.15, 0.2) is 41.1 Å². The minimum absolute atomic E-state index is 0.203. The van der Waals surface area contributed by atoms with Gasteiger partial charge in [0.05, 0.1) is 6.20 Å². The SMILES string of the molecule is NCC1(c2ccc(-c3ncco3)cc2)CCCC1. The summed E-state index contributed by atoms with van der Waals surface area (Å²) in [5.74, 6) is 0.676. The molecule has 3 nitrogen and oxygen atoms in total. The first-order chi connectivity index (χ1) is 8.84. The lowest BCUT2D eigenvalue weighted by Crippen LogP contribution is -2.31. The maximum absolute atomic E-state index is 6.00. The van der Waals surface area contributed by atoms with Gasteiger partial charge in [0.25, 0.3) is 0 Å². The Morgan fingerprint density at radius 2 is 1.89 bits per heavy atom. The molecule has 94 valence electrons. The Bertz CT molecular complexity index is 496. The summed E-state index contributed by atoms with van der Waals surface area (Å²) >= 11 is 0. The molecule has 0 aliphatic heterocycles. The van der Waals surface area contributed by atoms with Crippen molar-refractivity contribution in [2.45, 2.75) is 31.1 Å². The zero-order valence-electron chi connectivity index (χ0n) is 10.4. The third kappa shape index (κ3) is 1.85. The fraction of sp³-hybridized carbons (Fsp3) is 0.400. The molecule has 3 heteroatoms. The summed E-state index contributed by atoms with van der Waals surface area (Å²) in [6.07, 6.45) is 8.27. The van der Waals surface area contributed by atoms with Crippen molar-refractivity contribution < 1.29 is 4.42 Å². The highest BCUT2D eigenvalue weighted by molar-refractivity contribution is 5.54. The van der Waals surface area contributed by atoms with Crippen LogP contribution in [-0.2, 0) is 5.41 Å². The lowest BCUT2D eigenvalue weighted by atomic mass is 9.79. The van der Waals surface area contributed by atoms with Gasteiger partial charge >= 0.3 is 0 Å². The quantitative estimate of drug-likeness (QED) is 0.899. The molecule has 1 saturated carbocycles. The van der Waals surface area contributed by atoms with Gasteiger partial charge in [0, 0.05) is 17.5 Å². The molecule has 0 saturated heterocycles. The van der Waals surface area contributed by atoms with Crippen molar-refractivity contribution in [2.24, 2.45) is 5.73 Å². The molecular formula is C15H18N2O. The van der Waals surface area contributed by atoms with Crippen LogP contribution in [0.25, 0.3) is 11.5 Å². The van der Waals surface area contributed by atoms with Gasteiger partial charge in [0.15, 0.2) is 0 Å². The molecule has 18 heavy (non-hydrogen) atoms. The van der Waals surface area contributed by atoms with Gasteiger partial charge in [-0.05, 0) is 30.5 Å². The summed E-state index contributed by atoms with van der Waals surface area (Å²) in [6.45, 7) is 0.741. The van der Waals surface area contributed by atoms with Gasteiger partial charge < -0.3 is 10.2 Å². The van der Waals surface area contributed by atoms with Crippen molar-refractivity contribution in [1.29, 1.82) is 0 Å². The van der Waals surface area contributed by atoms with Crippen LogP contribution in [0.3, 0.4) is 0 Å². The van der Waals surface area contributed by atoms with Gasteiger partial charge in [-0.25, -0.2) is 4.98 Å². The van der Waals surface area contributed by atoms with E-state index in [1.165, 1.54) is 31.2 Å². The van der Waals surface area contributed by atoms with Gasteiger partial charge in [-0.3, -0.25) is 0 Å². The van der Waals surface area contributed by atoms with E-state index >= 15 is 0 Å². The Kier molecular flexibility index (Phi) is 2.92. The second kappa shape index (κ2) is 4.58. The van der Waals surface area contributed by atoms with Crippen LogP contribution >= 0.6 is 0 Å². The van der Waals surface area contributed by atoms with Crippen molar-refractivity contribution >= 4 is 0 Å². The summed E-state index contributed by atoms with van der Waals surface area (Å²) < 4.78 is 5.30. The van der Waals surface area contributed by atoms with E-state index in [9.17, 15) is 0 Å². The number of oxazole rings is 1. The topological polar surface area (TPSA) is 52.0 Å². The summed E-state index contributed by atoms with van der Waals surface area (Å²) in [7, 11) is 0. The van der Waals surface area contributed by atoms with Crippen LogP contribution in [0, 0.1) is 0 Å². The van der Waals surface area contributed by atoms with E-state index in [-0.39, 0.29) is 5.41 Å². The van der Waals surface area contributed by atoms with E-state index in [2.05, 4.69) is 29.2 Å². The number of hydrogen-bond acceptors (Lipinski definition) is 3. The molecule has 0 amide bonds. The number of nitrogens with two attached hydrogens (primary N) is 1. The lowest BCUT2D eigenvalue weighted by molar-refractivity contribution is 0.453. The molecule has 0 radical (unpaired) electrons. The third-order valence-corrected chi connectivity index (χ3v) is 4.13. The summed E-state index contributed by atoms with van der Waals surface area (Å²) in [6, 6.07) is 8.52. The first-order valence-corrected chi connectivity index (χ1v) is 6.55. The van der Waals surface area contributed by atoms with E-state index in [0.29, 0.717) is 5.89 Å². The predicted octanol–water partition coefficient (Wildman–Crippen LogP) is 3.11. The fourth-order valence-electron chi connectivity index (χ4n) is 2.99. The molecule has 0 unspecified atom stereocenters. The van der Waals surface area contributed by atoms with E-state index in [4.69, 9.17) is 10.2 Å². The van der Waals surface area contributed by atoms with E-state index in [0.717, 1.165) is 12.1 Å². The highest BCUT2D eigenvalue weighted by Crippen LogP contribution is 2.40. The minimum Gasteiger partial charge on any atom is -0.445 e. The van der Waals surface area contributed by atoms with Crippen LogP contribution in [0.4, 0.5) is 0 Å². The molecule has 1 aliphatic rings. The molecule has 1 heterocycles. The second-order valence-electron chi connectivity index (χ2n) is 5.11. The molecule has 0 spiro atoms.